The van der Waals surface area contributed by atoms with Crippen LogP contribution in [-0.2, 0) is 16.6 Å². The zero-order chi connectivity index (χ0) is 24.3. The van der Waals surface area contributed by atoms with E-state index >= 15 is 0 Å². The van der Waals surface area contributed by atoms with Crippen LogP contribution in [0.3, 0.4) is 0 Å². The second kappa shape index (κ2) is 9.84. The van der Waals surface area contributed by atoms with E-state index < -0.39 is 20.9 Å². The summed E-state index contributed by atoms with van der Waals surface area (Å²) >= 11 is 1.47. The summed E-state index contributed by atoms with van der Waals surface area (Å²) in [5.41, 5.74) is 2.62. The molecular formula is C23H20N2O7S2. The van der Waals surface area contributed by atoms with Crippen LogP contribution in [-0.4, -0.2) is 36.7 Å². The van der Waals surface area contributed by atoms with Gasteiger partial charge >= 0.3 is 5.97 Å². The maximum Gasteiger partial charge on any atom is 0.335 e. The molecule has 1 atom stereocenters. The second-order valence-corrected chi connectivity index (χ2v) is 10.4. The van der Waals surface area contributed by atoms with Gasteiger partial charge in [-0.3, -0.25) is 10.1 Å². The summed E-state index contributed by atoms with van der Waals surface area (Å²) in [5, 5.41) is 20.0. The Balaban J connectivity index is 1.51. The smallest absolute Gasteiger partial charge is 0.335 e. The molecule has 1 unspecified atom stereocenters. The number of carboxylic acid groups (broad SMARTS) is 1. The molecule has 0 aliphatic carbocycles. The molecule has 1 aliphatic heterocycles. The van der Waals surface area contributed by atoms with Crippen LogP contribution in [0.4, 0.5) is 5.69 Å². The average Bonchev–Trinajstić information content (AvgIpc) is 2.98. The minimum atomic E-state index is -3.84. The number of benzene rings is 3. The fourth-order valence-electron chi connectivity index (χ4n) is 3.62. The molecule has 0 spiro atoms. The predicted molar refractivity (Wildman–Crippen MR) is 127 cm³/mol. The Kier molecular flexibility index (Phi) is 6.87. The lowest BCUT2D eigenvalue weighted by molar-refractivity contribution is -0.384. The van der Waals surface area contributed by atoms with E-state index in [1.807, 2.05) is 24.3 Å². The molecule has 2 N–H and O–H groups in total. The summed E-state index contributed by atoms with van der Waals surface area (Å²) in [6.07, 6.45) is 0. The fraction of sp³-hybridized carbons (Fsp3) is 0.174. The molecule has 1 aliphatic rings. The van der Waals surface area contributed by atoms with Crippen LogP contribution in [0.2, 0.25) is 0 Å². The van der Waals surface area contributed by atoms with E-state index in [1.165, 1.54) is 30.0 Å². The molecule has 0 radical (unpaired) electrons. The highest BCUT2D eigenvalue weighted by Crippen LogP contribution is 2.44. The molecule has 0 saturated carbocycles. The van der Waals surface area contributed by atoms with Crippen molar-refractivity contribution < 1.29 is 28.0 Å². The van der Waals surface area contributed by atoms with Gasteiger partial charge < -0.3 is 9.84 Å². The standard InChI is InChI=1S/C23H20N2O7S2/c26-23(27)15-5-10-21-20(13-15)22(19-4-2-1-3-16(19)14-32-21)33-12-11-24-34(30,31)18-8-6-17(7-9-18)25(28)29/h1-10,13,22,24H,11-12,14H2,(H,26,27). The lowest BCUT2D eigenvalue weighted by atomic mass is 9.98. The Labute approximate surface area is 200 Å². The zero-order valence-corrected chi connectivity index (χ0v) is 19.3. The minimum Gasteiger partial charge on any atom is -0.489 e. The Bertz CT molecular complexity index is 1340. The first-order valence-electron chi connectivity index (χ1n) is 10.2. The normalized spacial score (nSPS) is 14.9. The van der Waals surface area contributed by atoms with Gasteiger partial charge in [-0.25, -0.2) is 17.9 Å². The van der Waals surface area contributed by atoms with Crippen LogP contribution in [0.25, 0.3) is 0 Å². The number of hydrogen-bond acceptors (Lipinski definition) is 7. The number of carbonyl (C=O) groups is 1. The molecule has 176 valence electrons. The van der Waals surface area contributed by atoms with Crippen molar-refractivity contribution >= 4 is 33.4 Å². The first-order chi connectivity index (χ1) is 16.3. The van der Waals surface area contributed by atoms with Crippen molar-refractivity contribution in [2.75, 3.05) is 12.3 Å². The number of aromatic carboxylic acids is 1. The predicted octanol–water partition coefficient (Wildman–Crippen LogP) is 3.99. The monoisotopic (exact) mass is 500 g/mol. The quantitative estimate of drug-likeness (QED) is 0.269. The molecule has 9 nitrogen and oxygen atoms in total. The third-order valence-corrected chi connectivity index (χ3v) is 8.05. The summed E-state index contributed by atoms with van der Waals surface area (Å²) in [4.78, 5) is 21.6. The van der Waals surface area contributed by atoms with Crippen molar-refractivity contribution in [3.05, 3.63) is 99.1 Å². The van der Waals surface area contributed by atoms with Gasteiger partial charge in [0.1, 0.15) is 12.4 Å². The second-order valence-electron chi connectivity index (χ2n) is 7.44. The van der Waals surface area contributed by atoms with Gasteiger partial charge in [0, 0.05) is 30.0 Å². The summed E-state index contributed by atoms with van der Waals surface area (Å²) in [6, 6.07) is 17.1. The first-order valence-corrected chi connectivity index (χ1v) is 12.7. The number of fused-ring (bicyclic) bond motifs is 2. The van der Waals surface area contributed by atoms with E-state index in [1.54, 1.807) is 12.1 Å². The number of ether oxygens (including phenoxy) is 1. The Morgan fingerprint density at radius 1 is 1.12 bits per heavy atom. The van der Waals surface area contributed by atoms with E-state index in [0.717, 1.165) is 23.3 Å². The number of nitrogens with zero attached hydrogens (tertiary/aromatic N) is 1. The number of thioether (sulfide) groups is 1. The Morgan fingerprint density at radius 3 is 2.56 bits per heavy atom. The van der Waals surface area contributed by atoms with Crippen molar-refractivity contribution in [1.29, 1.82) is 0 Å². The maximum absolute atomic E-state index is 12.6. The van der Waals surface area contributed by atoms with E-state index in [0.29, 0.717) is 23.7 Å². The Hall–Kier alpha value is -3.41. The van der Waals surface area contributed by atoms with Gasteiger partial charge in [0.05, 0.1) is 20.6 Å². The van der Waals surface area contributed by atoms with Gasteiger partial charge in [0.25, 0.3) is 5.69 Å². The topological polar surface area (TPSA) is 136 Å². The van der Waals surface area contributed by atoms with E-state index in [4.69, 9.17) is 4.74 Å². The zero-order valence-electron chi connectivity index (χ0n) is 17.7. The molecule has 0 aromatic heterocycles. The van der Waals surface area contributed by atoms with Gasteiger partial charge in [-0.15, -0.1) is 11.8 Å². The lowest BCUT2D eigenvalue weighted by Gasteiger charge is -2.19. The van der Waals surface area contributed by atoms with Crippen LogP contribution < -0.4 is 9.46 Å². The fourth-order valence-corrected chi connectivity index (χ4v) is 6.01. The van der Waals surface area contributed by atoms with Crippen LogP contribution in [0.1, 0.15) is 32.3 Å². The molecular weight excluding hydrogens is 480 g/mol. The van der Waals surface area contributed by atoms with Crippen molar-refractivity contribution in [1.82, 2.24) is 4.72 Å². The number of sulfonamides is 1. The van der Waals surface area contributed by atoms with Crippen molar-refractivity contribution in [2.24, 2.45) is 0 Å². The number of non-ortho nitro benzene ring substituents is 1. The molecule has 0 fully saturated rings. The third kappa shape index (κ3) is 5.06. The molecule has 4 rings (SSSR count). The summed E-state index contributed by atoms with van der Waals surface area (Å²) in [6.45, 7) is 0.455. The number of nitrogens with one attached hydrogen (secondary N) is 1. The van der Waals surface area contributed by atoms with Crippen molar-refractivity contribution in [3.8, 4) is 5.75 Å². The van der Waals surface area contributed by atoms with E-state index in [-0.39, 0.29) is 27.9 Å². The highest BCUT2D eigenvalue weighted by Gasteiger charge is 2.26. The molecule has 0 amide bonds. The van der Waals surface area contributed by atoms with Gasteiger partial charge in [-0.1, -0.05) is 24.3 Å². The van der Waals surface area contributed by atoms with E-state index in [2.05, 4.69) is 4.72 Å². The van der Waals surface area contributed by atoms with Gasteiger partial charge in [0.2, 0.25) is 10.0 Å². The maximum atomic E-state index is 12.6. The molecule has 0 saturated heterocycles. The highest BCUT2D eigenvalue weighted by atomic mass is 32.2. The molecule has 1 heterocycles. The summed E-state index contributed by atoms with van der Waals surface area (Å²) in [5.74, 6) is -0.0628. The van der Waals surface area contributed by atoms with E-state index in [9.17, 15) is 28.4 Å². The summed E-state index contributed by atoms with van der Waals surface area (Å²) < 4.78 is 33.6. The molecule has 34 heavy (non-hydrogen) atoms. The minimum absolute atomic E-state index is 0.0623. The Morgan fingerprint density at radius 2 is 1.85 bits per heavy atom. The highest BCUT2D eigenvalue weighted by molar-refractivity contribution is 7.99. The third-order valence-electron chi connectivity index (χ3n) is 5.30. The van der Waals surface area contributed by atoms with Crippen LogP contribution in [0.15, 0.2) is 71.6 Å². The van der Waals surface area contributed by atoms with Crippen molar-refractivity contribution in [2.45, 2.75) is 16.8 Å². The summed E-state index contributed by atoms with van der Waals surface area (Å²) in [7, 11) is -3.84. The molecule has 3 aromatic carbocycles. The first kappa shape index (κ1) is 23.7. The SMILES string of the molecule is O=C(O)c1ccc2c(c1)C(SCCNS(=O)(=O)c1ccc([N+](=O)[O-])cc1)c1ccccc1CO2. The lowest BCUT2D eigenvalue weighted by Crippen LogP contribution is -2.26. The number of carboxylic acids is 1. The number of hydrogen-bond donors (Lipinski definition) is 2. The van der Waals surface area contributed by atoms with Gasteiger partial charge in [-0.2, -0.15) is 0 Å². The van der Waals surface area contributed by atoms with Crippen LogP contribution in [0.5, 0.6) is 5.75 Å². The molecule has 3 aromatic rings. The molecule has 0 bridgehead atoms. The van der Waals surface area contributed by atoms with Gasteiger partial charge in [0.15, 0.2) is 0 Å². The van der Waals surface area contributed by atoms with Crippen LogP contribution >= 0.6 is 11.8 Å². The largest absolute Gasteiger partial charge is 0.489 e. The van der Waals surface area contributed by atoms with Crippen molar-refractivity contribution in [3.63, 3.8) is 0 Å². The van der Waals surface area contributed by atoms with Gasteiger partial charge in [-0.05, 0) is 41.5 Å². The number of rotatable bonds is 8. The molecule has 11 heteroatoms. The average molecular weight is 501 g/mol. The number of nitro benzene ring substituents is 1. The van der Waals surface area contributed by atoms with Crippen LogP contribution in [0, 0.1) is 10.1 Å². The number of nitro groups is 1.